The molecule has 4 atom stereocenters. The van der Waals surface area contributed by atoms with E-state index in [4.69, 9.17) is 20.3 Å². The highest BCUT2D eigenvalue weighted by Crippen LogP contribution is 2.39. The van der Waals surface area contributed by atoms with E-state index in [1.165, 1.54) is 17.7 Å². The minimum atomic E-state index is -3.89. The molecule has 4 aromatic rings. The summed E-state index contributed by atoms with van der Waals surface area (Å²) in [6.45, 7) is 21.1. The van der Waals surface area contributed by atoms with Gasteiger partial charge in [-0.3, -0.25) is 0 Å². The van der Waals surface area contributed by atoms with E-state index in [0.717, 1.165) is 62.8 Å². The summed E-state index contributed by atoms with van der Waals surface area (Å²) in [5.41, 5.74) is 7.13. The maximum Gasteiger partial charge on any atom is 0.410 e. The SMILES string of the molecule is CC(C)(C)OC(=O)N1C[C@@H](CCC(N)c2ccccc2)CC1(C)C.CC(C)(C)OC(=O)N1C[C@@H](CCC(Nc2cccc(S(N)(=O)=O)n2)c2ccccc2)CC1(C)C.NS(=O)(=O)c1cccc(F)n1. The second-order valence-corrected chi connectivity index (χ2v) is 24.0. The number of nitrogens with one attached hydrogen (secondary N) is 1. The van der Waals surface area contributed by atoms with E-state index in [2.05, 4.69) is 60.3 Å². The molecule has 0 aliphatic carbocycles. The van der Waals surface area contributed by atoms with Gasteiger partial charge in [-0.05, 0) is 155 Å². The molecule has 2 aromatic heterocycles. The molecule has 2 aliphatic heterocycles. The van der Waals surface area contributed by atoms with Crippen molar-refractivity contribution >= 4 is 38.1 Å². The number of hydrogen-bond acceptors (Lipinski definition) is 12. The van der Waals surface area contributed by atoms with Crippen LogP contribution in [0.5, 0.6) is 0 Å². The van der Waals surface area contributed by atoms with Crippen LogP contribution in [0.25, 0.3) is 0 Å². The maximum absolute atomic E-state index is 12.8. The summed E-state index contributed by atoms with van der Waals surface area (Å²) in [5.74, 6) is 0.376. The van der Waals surface area contributed by atoms with Gasteiger partial charge in [0.25, 0.3) is 20.0 Å². The highest BCUT2D eigenvalue weighted by molar-refractivity contribution is 7.89. The molecule has 7 N–H and O–H groups in total. The highest BCUT2D eigenvalue weighted by Gasteiger charge is 2.44. The number of sulfonamides is 2. The number of primary sulfonamides is 2. The van der Waals surface area contributed by atoms with Crippen molar-refractivity contribution in [1.82, 2.24) is 19.8 Å². The smallest absolute Gasteiger partial charge is 0.410 e. The Morgan fingerprint density at radius 1 is 0.667 bits per heavy atom. The van der Waals surface area contributed by atoms with Gasteiger partial charge in [0.15, 0.2) is 10.1 Å². The molecule has 0 saturated carbocycles. The van der Waals surface area contributed by atoms with Gasteiger partial charge in [0.1, 0.15) is 17.0 Å². The van der Waals surface area contributed by atoms with E-state index in [1.54, 1.807) is 12.1 Å². The number of hydrogen-bond donors (Lipinski definition) is 4. The van der Waals surface area contributed by atoms with E-state index in [0.29, 0.717) is 24.2 Å². The number of anilines is 1. The van der Waals surface area contributed by atoms with Gasteiger partial charge in [-0.1, -0.05) is 72.8 Å². The van der Waals surface area contributed by atoms with Crippen LogP contribution in [0.4, 0.5) is 19.8 Å². The van der Waals surface area contributed by atoms with Crippen molar-refractivity contribution in [2.24, 2.45) is 27.8 Å². The first-order chi connectivity index (χ1) is 31.8. The van der Waals surface area contributed by atoms with E-state index in [1.807, 2.05) is 99.9 Å². The van der Waals surface area contributed by atoms with Crippen LogP contribution in [0.15, 0.2) is 107 Å². The Kier molecular flexibility index (Phi) is 18.9. The normalized spacial score (nSPS) is 18.7. The molecule has 2 amide bonds. The monoisotopic (exact) mass is 996 g/mol. The van der Waals surface area contributed by atoms with Crippen molar-refractivity contribution in [2.45, 2.75) is 152 Å². The predicted octanol–water partition coefficient (Wildman–Crippen LogP) is 9.07. The summed E-state index contributed by atoms with van der Waals surface area (Å²) >= 11 is 0. The van der Waals surface area contributed by atoms with Crippen molar-refractivity contribution in [3.8, 4) is 0 Å². The number of nitrogens with zero attached hydrogens (tertiary/aromatic N) is 4. The van der Waals surface area contributed by atoms with Crippen LogP contribution in [0.2, 0.25) is 0 Å². The number of carbonyl (C=O) groups excluding carboxylic acids is 2. The number of halogens is 1. The molecule has 16 nitrogen and oxygen atoms in total. The van der Waals surface area contributed by atoms with Crippen molar-refractivity contribution in [3.05, 3.63) is 114 Å². The molecule has 2 aromatic carbocycles. The van der Waals surface area contributed by atoms with Crippen molar-refractivity contribution < 1.29 is 40.3 Å². The Morgan fingerprint density at radius 3 is 1.51 bits per heavy atom. The lowest BCUT2D eigenvalue weighted by atomic mass is 9.90. The summed E-state index contributed by atoms with van der Waals surface area (Å²) in [5, 5.41) is 12.7. The number of pyridine rings is 2. The Labute approximate surface area is 409 Å². The van der Waals surface area contributed by atoms with Gasteiger partial charge >= 0.3 is 12.2 Å². The fourth-order valence-electron chi connectivity index (χ4n) is 8.51. The lowest BCUT2D eigenvalue weighted by Gasteiger charge is -2.33. The molecule has 4 heterocycles. The Hall–Kier alpha value is -5.21. The molecule has 2 aliphatic rings. The van der Waals surface area contributed by atoms with Crippen LogP contribution in [0, 0.1) is 17.8 Å². The summed E-state index contributed by atoms with van der Waals surface area (Å²) in [6.07, 6.45) is 5.02. The minimum Gasteiger partial charge on any atom is -0.444 e. The summed E-state index contributed by atoms with van der Waals surface area (Å²) in [7, 11) is -7.77. The first kappa shape index (κ1) is 56.4. The molecule has 19 heteroatoms. The first-order valence-corrected chi connectivity index (χ1v) is 26.2. The Bertz CT molecular complexity index is 2540. The predicted molar refractivity (Wildman–Crippen MR) is 266 cm³/mol. The van der Waals surface area contributed by atoms with Gasteiger partial charge in [-0.15, -0.1) is 0 Å². The topological polar surface area (TPSA) is 243 Å². The quantitative estimate of drug-likeness (QED) is 0.0972. The Balaban J connectivity index is 0.000000255. The summed E-state index contributed by atoms with van der Waals surface area (Å²) in [4.78, 5) is 36.2. The third-order valence-corrected chi connectivity index (χ3v) is 13.3. The highest BCUT2D eigenvalue weighted by atomic mass is 32.2. The average molecular weight is 997 g/mol. The van der Waals surface area contributed by atoms with E-state index < -0.39 is 42.2 Å². The lowest BCUT2D eigenvalue weighted by molar-refractivity contribution is 0.0118. The van der Waals surface area contributed by atoms with Gasteiger partial charge in [0, 0.05) is 30.2 Å². The molecule has 2 saturated heterocycles. The molecular weight excluding hydrogens is 924 g/mol. The van der Waals surface area contributed by atoms with Crippen LogP contribution >= 0.6 is 0 Å². The number of amides is 2. The van der Waals surface area contributed by atoms with Gasteiger partial charge in [-0.2, -0.15) is 4.39 Å². The zero-order valence-electron chi connectivity index (χ0n) is 41.7. The summed E-state index contributed by atoms with van der Waals surface area (Å²) in [6, 6.07) is 28.3. The maximum atomic E-state index is 12.8. The van der Waals surface area contributed by atoms with Crippen molar-refractivity contribution in [3.63, 3.8) is 0 Å². The minimum absolute atomic E-state index is 0.0601. The molecule has 2 fully saturated rings. The molecule has 69 heavy (non-hydrogen) atoms. The zero-order chi connectivity index (χ0) is 51.6. The number of likely N-dealkylation sites (tertiary alicyclic amines) is 2. The average Bonchev–Trinajstić information content (AvgIpc) is 3.73. The number of nitrogens with two attached hydrogens (primary N) is 3. The molecule has 2 unspecified atom stereocenters. The van der Waals surface area contributed by atoms with Gasteiger partial charge in [0.2, 0.25) is 5.95 Å². The van der Waals surface area contributed by atoms with Crippen LogP contribution in [0.1, 0.15) is 131 Å². The molecule has 0 spiro atoms. The third kappa shape index (κ3) is 18.2. The van der Waals surface area contributed by atoms with Crippen LogP contribution in [-0.2, 0) is 29.5 Å². The zero-order valence-corrected chi connectivity index (χ0v) is 43.3. The molecule has 6 rings (SSSR count). The number of ether oxygens (including phenoxy) is 2. The first-order valence-electron chi connectivity index (χ1n) is 23.1. The second kappa shape index (κ2) is 23.1. The van der Waals surface area contributed by atoms with Crippen molar-refractivity contribution in [2.75, 3.05) is 18.4 Å². The van der Waals surface area contributed by atoms with Gasteiger partial charge in [0.05, 0.1) is 6.04 Å². The number of benzene rings is 2. The fraction of sp³-hybridized carbons (Fsp3) is 0.520. The fourth-order valence-corrected chi connectivity index (χ4v) is 9.49. The number of carbonyl (C=O) groups is 2. The molecule has 0 radical (unpaired) electrons. The van der Waals surface area contributed by atoms with E-state index >= 15 is 0 Å². The van der Waals surface area contributed by atoms with E-state index in [9.17, 15) is 30.8 Å². The number of rotatable bonds is 12. The van der Waals surface area contributed by atoms with Crippen LogP contribution in [0.3, 0.4) is 0 Å². The molecule has 380 valence electrons. The third-order valence-electron chi connectivity index (χ3n) is 11.6. The Morgan fingerprint density at radius 2 is 1.09 bits per heavy atom. The largest absolute Gasteiger partial charge is 0.444 e. The molecular formula is C50H73FN8O8S2. The van der Waals surface area contributed by atoms with Crippen LogP contribution in [-0.4, -0.2) is 84.2 Å². The standard InChI is InChI=1S/C25H36N4O4S.C20H32N2O2.C5H5FN2O2S/c1-24(2,3)33-23(30)29-17-18(16-25(29,4)5)14-15-20(19-10-7-6-8-11-19)27-21-12-9-13-22(28-21)34(26,31)32;1-19(2,3)24-18(23)22-14-15(13-20(22,4)5)11-12-17(21)16-9-7-6-8-10-16;6-4-2-1-3-5(8-4)11(7,9)10/h6-13,18,20H,14-17H2,1-5H3,(H,27,28)(H2,26,31,32);6-10,15,17H,11-14,21H2,1-5H3;1-3H,(H2,7,9,10)/t18-,20?;15-,17?;/m00./s1. The van der Waals surface area contributed by atoms with Crippen LogP contribution < -0.4 is 21.3 Å². The summed E-state index contributed by atoms with van der Waals surface area (Å²) < 4.78 is 68.0. The second-order valence-electron chi connectivity index (χ2n) is 21.0. The number of aromatic nitrogens is 2. The van der Waals surface area contributed by atoms with Gasteiger partial charge < -0.3 is 30.3 Å². The van der Waals surface area contributed by atoms with Crippen molar-refractivity contribution in [1.29, 1.82) is 0 Å². The lowest BCUT2D eigenvalue weighted by Crippen LogP contribution is -2.45. The molecule has 0 bridgehead atoms. The van der Waals surface area contributed by atoms with Gasteiger partial charge in [-0.25, -0.2) is 46.7 Å². The van der Waals surface area contributed by atoms with E-state index in [-0.39, 0.29) is 40.4 Å².